The van der Waals surface area contributed by atoms with Crippen LogP contribution in [0.1, 0.15) is 59.7 Å². The second kappa shape index (κ2) is 8.39. The van der Waals surface area contributed by atoms with E-state index in [4.69, 9.17) is 4.74 Å². The monoisotopic (exact) mass is 353 g/mol. The maximum Gasteiger partial charge on any atom is 0.261 e. The molecule has 0 spiro atoms. The maximum atomic E-state index is 12.7. The molecule has 26 heavy (non-hydrogen) atoms. The Balaban J connectivity index is 2.11. The molecule has 0 aliphatic heterocycles. The van der Waals surface area contributed by atoms with Crippen molar-refractivity contribution in [3.8, 4) is 5.75 Å². The van der Waals surface area contributed by atoms with Gasteiger partial charge in [0.2, 0.25) is 0 Å². The highest BCUT2D eigenvalue weighted by atomic mass is 16.5. The standard InChI is InChI=1S/C23H31NO2/c1-8-21(20-10-9-15(3)16(4)13-20)24-23(25)19(7)26-22-12-14(2)11-17(5)18(22)6/h9-13,19,21H,8H2,1-7H3,(H,24,25). The van der Waals surface area contributed by atoms with Crippen LogP contribution in [0.3, 0.4) is 0 Å². The molecule has 3 heteroatoms. The molecule has 1 N–H and O–H groups in total. The van der Waals surface area contributed by atoms with Crippen LogP contribution in [0.4, 0.5) is 0 Å². The Morgan fingerprint density at radius 1 is 1.00 bits per heavy atom. The van der Waals surface area contributed by atoms with E-state index in [0.717, 1.165) is 28.9 Å². The van der Waals surface area contributed by atoms with Crippen molar-refractivity contribution >= 4 is 5.91 Å². The van der Waals surface area contributed by atoms with Crippen LogP contribution in [0.2, 0.25) is 0 Å². The molecule has 0 aliphatic rings. The maximum absolute atomic E-state index is 12.7. The lowest BCUT2D eigenvalue weighted by Crippen LogP contribution is -2.38. The van der Waals surface area contributed by atoms with Gasteiger partial charge in [0.25, 0.3) is 5.91 Å². The van der Waals surface area contributed by atoms with Gasteiger partial charge in [0.05, 0.1) is 6.04 Å². The minimum absolute atomic E-state index is 0.00630. The zero-order valence-corrected chi connectivity index (χ0v) is 17.1. The van der Waals surface area contributed by atoms with Crippen molar-refractivity contribution in [3.05, 3.63) is 63.7 Å². The summed E-state index contributed by atoms with van der Waals surface area (Å²) < 4.78 is 5.98. The zero-order valence-electron chi connectivity index (χ0n) is 17.1. The quantitative estimate of drug-likeness (QED) is 0.769. The SMILES string of the molecule is CCC(NC(=O)C(C)Oc1cc(C)cc(C)c1C)c1ccc(C)c(C)c1. The van der Waals surface area contributed by atoms with E-state index in [1.54, 1.807) is 6.92 Å². The lowest BCUT2D eigenvalue weighted by molar-refractivity contribution is -0.128. The van der Waals surface area contributed by atoms with Gasteiger partial charge in [0.1, 0.15) is 5.75 Å². The van der Waals surface area contributed by atoms with Crippen molar-refractivity contribution in [1.82, 2.24) is 5.32 Å². The zero-order chi connectivity index (χ0) is 19.4. The van der Waals surface area contributed by atoms with Crippen molar-refractivity contribution in [3.63, 3.8) is 0 Å². The smallest absolute Gasteiger partial charge is 0.261 e. The second-order valence-electron chi connectivity index (χ2n) is 7.28. The van der Waals surface area contributed by atoms with E-state index in [1.807, 2.05) is 19.9 Å². The molecule has 0 saturated heterocycles. The van der Waals surface area contributed by atoms with Gasteiger partial charge < -0.3 is 10.1 Å². The Bertz CT molecular complexity index is 795. The first kappa shape index (κ1) is 20.0. The average Bonchev–Trinajstić information content (AvgIpc) is 2.59. The first-order valence-corrected chi connectivity index (χ1v) is 9.35. The molecular weight excluding hydrogens is 322 g/mol. The van der Waals surface area contributed by atoms with Crippen LogP contribution in [0.15, 0.2) is 30.3 Å². The number of carbonyl (C=O) groups excluding carboxylic acids is 1. The third kappa shape index (κ3) is 4.66. The number of rotatable bonds is 6. The van der Waals surface area contributed by atoms with Crippen LogP contribution in [0.5, 0.6) is 5.75 Å². The van der Waals surface area contributed by atoms with Gasteiger partial charge in [-0.05, 0) is 87.4 Å². The predicted molar refractivity (Wildman–Crippen MR) is 108 cm³/mol. The van der Waals surface area contributed by atoms with Crippen LogP contribution in [-0.4, -0.2) is 12.0 Å². The van der Waals surface area contributed by atoms with Crippen molar-refractivity contribution in [2.24, 2.45) is 0 Å². The molecule has 2 rings (SSSR count). The number of aryl methyl sites for hydroxylation is 4. The Morgan fingerprint density at radius 2 is 1.69 bits per heavy atom. The summed E-state index contributed by atoms with van der Waals surface area (Å²) in [6, 6.07) is 10.5. The molecule has 2 unspecified atom stereocenters. The Kier molecular flexibility index (Phi) is 6.47. The van der Waals surface area contributed by atoms with Gasteiger partial charge in [-0.2, -0.15) is 0 Å². The third-order valence-corrected chi connectivity index (χ3v) is 5.10. The van der Waals surface area contributed by atoms with Crippen LogP contribution >= 0.6 is 0 Å². The molecule has 0 heterocycles. The summed E-state index contributed by atoms with van der Waals surface area (Å²) in [7, 11) is 0. The fourth-order valence-electron chi connectivity index (χ4n) is 3.06. The van der Waals surface area contributed by atoms with Crippen LogP contribution in [0, 0.1) is 34.6 Å². The van der Waals surface area contributed by atoms with Crippen molar-refractivity contribution in [2.45, 2.75) is 67.0 Å². The molecule has 0 aromatic heterocycles. The number of carbonyl (C=O) groups is 1. The first-order chi connectivity index (χ1) is 12.2. The van der Waals surface area contributed by atoms with Crippen molar-refractivity contribution in [1.29, 1.82) is 0 Å². The number of benzene rings is 2. The fourth-order valence-corrected chi connectivity index (χ4v) is 3.06. The van der Waals surface area contributed by atoms with Gasteiger partial charge >= 0.3 is 0 Å². The first-order valence-electron chi connectivity index (χ1n) is 9.35. The number of ether oxygens (including phenoxy) is 1. The van der Waals surface area contributed by atoms with E-state index in [0.29, 0.717) is 0 Å². The minimum Gasteiger partial charge on any atom is -0.481 e. The summed E-state index contributed by atoms with van der Waals surface area (Å²) in [6.45, 7) is 14.2. The van der Waals surface area contributed by atoms with Crippen LogP contribution in [0.25, 0.3) is 0 Å². The van der Waals surface area contributed by atoms with Gasteiger partial charge in [0, 0.05) is 0 Å². The molecular formula is C23H31NO2. The van der Waals surface area contributed by atoms with E-state index >= 15 is 0 Å². The van der Waals surface area contributed by atoms with Gasteiger partial charge in [-0.15, -0.1) is 0 Å². The normalized spacial score (nSPS) is 13.2. The lowest BCUT2D eigenvalue weighted by Gasteiger charge is -2.22. The number of hydrogen-bond donors (Lipinski definition) is 1. The summed E-state index contributed by atoms with van der Waals surface area (Å²) in [5, 5.41) is 3.13. The fraction of sp³-hybridized carbons (Fsp3) is 0.435. The van der Waals surface area contributed by atoms with E-state index < -0.39 is 6.10 Å². The Labute approximate surface area is 157 Å². The molecule has 0 saturated carbocycles. The van der Waals surface area contributed by atoms with Crippen molar-refractivity contribution < 1.29 is 9.53 Å². The summed E-state index contributed by atoms with van der Waals surface area (Å²) in [5.41, 5.74) is 7.03. The molecule has 2 aromatic rings. The summed E-state index contributed by atoms with van der Waals surface area (Å²) >= 11 is 0. The van der Waals surface area contributed by atoms with Gasteiger partial charge in [0.15, 0.2) is 6.10 Å². The molecule has 2 atom stereocenters. The molecule has 0 fully saturated rings. The summed E-state index contributed by atoms with van der Waals surface area (Å²) in [6.07, 6.45) is 0.291. The highest BCUT2D eigenvalue weighted by Crippen LogP contribution is 2.25. The number of amides is 1. The van der Waals surface area contributed by atoms with Crippen molar-refractivity contribution in [2.75, 3.05) is 0 Å². The second-order valence-corrected chi connectivity index (χ2v) is 7.28. The Hall–Kier alpha value is -2.29. The van der Waals surface area contributed by atoms with Gasteiger partial charge in [-0.1, -0.05) is 31.2 Å². The van der Waals surface area contributed by atoms with Crippen LogP contribution in [-0.2, 0) is 4.79 Å². The third-order valence-electron chi connectivity index (χ3n) is 5.10. The average molecular weight is 354 g/mol. The van der Waals surface area contributed by atoms with E-state index in [-0.39, 0.29) is 11.9 Å². The lowest BCUT2D eigenvalue weighted by atomic mass is 9.99. The van der Waals surface area contributed by atoms with Gasteiger partial charge in [-0.3, -0.25) is 4.79 Å². The molecule has 3 nitrogen and oxygen atoms in total. The molecule has 2 aromatic carbocycles. The highest BCUT2D eigenvalue weighted by molar-refractivity contribution is 5.81. The summed E-state index contributed by atoms with van der Waals surface area (Å²) in [5.74, 6) is 0.693. The summed E-state index contributed by atoms with van der Waals surface area (Å²) in [4.78, 5) is 12.7. The van der Waals surface area contributed by atoms with E-state index in [2.05, 4.69) is 57.3 Å². The van der Waals surface area contributed by atoms with Crippen LogP contribution < -0.4 is 10.1 Å². The molecule has 0 bridgehead atoms. The highest BCUT2D eigenvalue weighted by Gasteiger charge is 2.20. The number of hydrogen-bond acceptors (Lipinski definition) is 2. The number of nitrogens with one attached hydrogen (secondary N) is 1. The predicted octanol–water partition coefficient (Wildman–Crippen LogP) is 5.26. The Morgan fingerprint density at radius 3 is 2.31 bits per heavy atom. The molecule has 0 radical (unpaired) electrons. The van der Waals surface area contributed by atoms with E-state index in [9.17, 15) is 4.79 Å². The largest absolute Gasteiger partial charge is 0.481 e. The molecule has 0 aliphatic carbocycles. The van der Waals surface area contributed by atoms with E-state index in [1.165, 1.54) is 16.7 Å². The van der Waals surface area contributed by atoms with Gasteiger partial charge in [-0.25, -0.2) is 0 Å². The molecule has 1 amide bonds. The minimum atomic E-state index is -0.546. The topological polar surface area (TPSA) is 38.3 Å². The molecule has 140 valence electrons.